The largest absolute Gasteiger partial charge is 0.376 e. The van der Waals surface area contributed by atoms with Crippen molar-refractivity contribution in [3.8, 4) is 6.07 Å². The van der Waals surface area contributed by atoms with Gasteiger partial charge in [0.1, 0.15) is 5.41 Å². The van der Waals surface area contributed by atoms with Crippen LogP contribution in [-0.2, 0) is 5.41 Å². The molecule has 3 aromatic carbocycles. The van der Waals surface area contributed by atoms with Gasteiger partial charge in [0.2, 0.25) is 0 Å². The summed E-state index contributed by atoms with van der Waals surface area (Å²) in [6.07, 6.45) is 0. The molecule has 1 aliphatic rings. The highest BCUT2D eigenvalue weighted by Gasteiger charge is 2.49. The lowest BCUT2D eigenvalue weighted by molar-refractivity contribution is 0.587. The number of rotatable bonds is 2. The average Bonchev–Trinajstić information content (AvgIpc) is 2.98. The van der Waals surface area contributed by atoms with Gasteiger partial charge >= 0.3 is 0 Å². The molecule has 0 saturated heterocycles. The fraction of sp³-hybridized carbons (Fsp3) is 0.0952. The van der Waals surface area contributed by atoms with Gasteiger partial charge in [0.15, 0.2) is 0 Å². The molecule has 4 rings (SSSR count). The molecule has 1 heterocycles. The molecule has 0 amide bonds. The molecule has 0 spiro atoms. The normalized spacial score (nSPS) is 22.0. The van der Waals surface area contributed by atoms with Crippen molar-refractivity contribution in [2.45, 2.75) is 11.5 Å². The van der Waals surface area contributed by atoms with Gasteiger partial charge in [0.05, 0.1) is 12.1 Å². The Labute approximate surface area is 136 Å². The maximum Gasteiger partial charge on any atom is 0.133 e. The number of benzene rings is 3. The van der Waals surface area contributed by atoms with Crippen LogP contribution in [0.5, 0.6) is 0 Å². The number of fused-ring (bicyclic) bond motifs is 1. The van der Waals surface area contributed by atoms with E-state index < -0.39 is 5.41 Å². The molecule has 2 nitrogen and oxygen atoms in total. The fourth-order valence-electron chi connectivity index (χ4n) is 3.56. The summed E-state index contributed by atoms with van der Waals surface area (Å²) in [7, 11) is 0. The third-order valence-corrected chi connectivity index (χ3v) is 4.62. The first-order valence-corrected chi connectivity index (χ1v) is 7.74. The van der Waals surface area contributed by atoms with Gasteiger partial charge in [-0.2, -0.15) is 5.26 Å². The lowest BCUT2D eigenvalue weighted by Crippen LogP contribution is -2.32. The molecule has 0 aromatic heterocycles. The van der Waals surface area contributed by atoms with Gasteiger partial charge in [-0.25, -0.2) is 0 Å². The summed E-state index contributed by atoms with van der Waals surface area (Å²) in [5.74, 6) is 0. The highest BCUT2D eigenvalue weighted by Crippen LogP contribution is 2.52. The Morgan fingerprint density at radius 2 is 1.39 bits per heavy atom. The summed E-state index contributed by atoms with van der Waals surface area (Å²) in [6.45, 7) is 0. The van der Waals surface area contributed by atoms with Crippen molar-refractivity contribution in [3.63, 3.8) is 0 Å². The molecule has 2 atom stereocenters. The van der Waals surface area contributed by atoms with E-state index in [1.165, 1.54) is 0 Å². The average molecular weight is 296 g/mol. The molecule has 0 fully saturated rings. The molecular weight excluding hydrogens is 280 g/mol. The summed E-state index contributed by atoms with van der Waals surface area (Å²) in [4.78, 5) is 0. The van der Waals surface area contributed by atoms with Crippen molar-refractivity contribution in [1.29, 1.82) is 5.26 Å². The van der Waals surface area contributed by atoms with Crippen LogP contribution in [0.15, 0.2) is 84.9 Å². The molecule has 0 aliphatic carbocycles. The minimum Gasteiger partial charge on any atom is -0.376 e. The van der Waals surface area contributed by atoms with Gasteiger partial charge in [-0.3, -0.25) is 0 Å². The maximum atomic E-state index is 10.3. The zero-order valence-electron chi connectivity index (χ0n) is 12.6. The first-order chi connectivity index (χ1) is 11.4. The van der Waals surface area contributed by atoms with Crippen LogP contribution in [-0.4, -0.2) is 0 Å². The number of anilines is 1. The molecule has 0 bridgehead atoms. The van der Waals surface area contributed by atoms with E-state index in [2.05, 4.69) is 29.6 Å². The molecule has 0 saturated carbocycles. The van der Waals surface area contributed by atoms with E-state index in [1.54, 1.807) is 0 Å². The van der Waals surface area contributed by atoms with Gasteiger partial charge in [0.25, 0.3) is 0 Å². The van der Waals surface area contributed by atoms with Crippen molar-refractivity contribution >= 4 is 5.69 Å². The predicted octanol–water partition coefficient (Wildman–Crippen LogP) is 4.66. The Morgan fingerprint density at radius 1 is 0.783 bits per heavy atom. The second-order valence-electron chi connectivity index (χ2n) is 5.82. The number of para-hydroxylation sites is 1. The monoisotopic (exact) mass is 296 g/mol. The SMILES string of the molecule is N#C[C@@]1(c2ccccc2)c2ccccc2N[C@@H]1c1ccccc1. The molecule has 1 N–H and O–H groups in total. The van der Waals surface area contributed by atoms with Crippen LogP contribution in [0.25, 0.3) is 0 Å². The Bertz CT molecular complexity index is 865. The molecule has 0 radical (unpaired) electrons. The van der Waals surface area contributed by atoms with Crippen LogP contribution in [0.2, 0.25) is 0 Å². The summed E-state index contributed by atoms with van der Waals surface area (Å²) < 4.78 is 0. The minimum atomic E-state index is -0.723. The Balaban J connectivity index is 2.00. The van der Waals surface area contributed by atoms with Gasteiger partial charge in [-0.15, -0.1) is 0 Å². The predicted molar refractivity (Wildman–Crippen MR) is 92.1 cm³/mol. The van der Waals surface area contributed by atoms with E-state index in [4.69, 9.17) is 0 Å². The van der Waals surface area contributed by atoms with Gasteiger partial charge in [0, 0.05) is 11.3 Å². The molecule has 110 valence electrons. The van der Waals surface area contributed by atoms with E-state index >= 15 is 0 Å². The smallest absolute Gasteiger partial charge is 0.133 e. The number of nitriles is 1. The van der Waals surface area contributed by atoms with Crippen molar-refractivity contribution in [2.24, 2.45) is 0 Å². The molecule has 2 heteroatoms. The van der Waals surface area contributed by atoms with Crippen molar-refractivity contribution < 1.29 is 0 Å². The van der Waals surface area contributed by atoms with Crippen LogP contribution >= 0.6 is 0 Å². The lowest BCUT2D eigenvalue weighted by atomic mass is 9.70. The van der Waals surface area contributed by atoms with E-state index in [0.29, 0.717) is 0 Å². The van der Waals surface area contributed by atoms with Crippen LogP contribution < -0.4 is 5.32 Å². The zero-order chi connectivity index (χ0) is 15.7. The second kappa shape index (κ2) is 5.30. The number of hydrogen-bond acceptors (Lipinski definition) is 2. The van der Waals surface area contributed by atoms with Crippen molar-refractivity contribution in [2.75, 3.05) is 5.32 Å². The fourth-order valence-corrected chi connectivity index (χ4v) is 3.56. The molecular formula is C21H16N2. The molecule has 0 unspecified atom stereocenters. The highest BCUT2D eigenvalue weighted by molar-refractivity contribution is 5.70. The summed E-state index contributed by atoms with van der Waals surface area (Å²) in [5, 5.41) is 13.8. The van der Waals surface area contributed by atoms with Crippen LogP contribution in [0.1, 0.15) is 22.7 Å². The van der Waals surface area contributed by atoms with Crippen molar-refractivity contribution in [1.82, 2.24) is 0 Å². The van der Waals surface area contributed by atoms with Crippen molar-refractivity contribution in [3.05, 3.63) is 102 Å². The quantitative estimate of drug-likeness (QED) is 0.746. The van der Waals surface area contributed by atoms with E-state index in [0.717, 1.165) is 22.4 Å². The van der Waals surface area contributed by atoms with E-state index in [9.17, 15) is 5.26 Å². The summed E-state index contributed by atoms with van der Waals surface area (Å²) in [6, 6.07) is 30.9. The molecule has 3 aromatic rings. The van der Waals surface area contributed by atoms with Crippen LogP contribution in [0.3, 0.4) is 0 Å². The van der Waals surface area contributed by atoms with E-state index in [1.807, 2.05) is 66.7 Å². The summed E-state index contributed by atoms with van der Waals surface area (Å²) >= 11 is 0. The number of nitrogens with zero attached hydrogens (tertiary/aromatic N) is 1. The summed E-state index contributed by atoms with van der Waals surface area (Å²) in [5.41, 5.74) is 3.50. The second-order valence-corrected chi connectivity index (χ2v) is 5.82. The van der Waals surface area contributed by atoms with Gasteiger partial charge < -0.3 is 5.32 Å². The van der Waals surface area contributed by atoms with Gasteiger partial charge in [-0.1, -0.05) is 78.9 Å². The van der Waals surface area contributed by atoms with Gasteiger partial charge in [-0.05, 0) is 17.2 Å². The Kier molecular flexibility index (Phi) is 3.13. The molecule has 23 heavy (non-hydrogen) atoms. The Morgan fingerprint density at radius 3 is 2.09 bits per heavy atom. The lowest BCUT2D eigenvalue weighted by Gasteiger charge is -2.30. The topological polar surface area (TPSA) is 35.8 Å². The first kappa shape index (κ1) is 13.6. The Hall–Kier alpha value is -3.05. The number of hydrogen-bond donors (Lipinski definition) is 1. The minimum absolute atomic E-state index is 0.103. The molecule has 1 aliphatic heterocycles. The van der Waals surface area contributed by atoms with E-state index in [-0.39, 0.29) is 6.04 Å². The highest BCUT2D eigenvalue weighted by atomic mass is 15.0. The van der Waals surface area contributed by atoms with Crippen LogP contribution in [0, 0.1) is 11.3 Å². The third-order valence-electron chi connectivity index (χ3n) is 4.62. The third kappa shape index (κ3) is 1.94. The maximum absolute atomic E-state index is 10.3. The van der Waals surface area contributed by atoms with Crippen LogP contribution in [0.4, 0.5) is 5.69 Å². The standard InChI is InChI=1S/C21H16N2/c22-15-21(17-11-5-2-6-12-17)18-13-7-8-14-19(18)23-20(21)16-9-3-1-4-10-16/h1-14,20,23H/t20-,21-/m1/s1. The first-order valence-electron chi connectivity index (χ1n) is 7.74. The zero-order valence-corrected chi connectivity index (χ0v) is 12.6. The number of nitrogens with one attached hydrogen (secondary N) is 1.